The second kappa shape index (κ2) is 5.97. The Morgan fingerprint density at radius 3 is 2.83 bits per heavy atom. The summed E-state index contributed by atoms with van der Waals surface area (Å²) in [5.41, 5.74) is 7.36. The molecule has 2 rings (SSSR count). The van der Waals surface area contributed by atoms with Crippen LogP contribution in [-0.4, -0.2) is 32.0 Å². The Labute approximate surface area is 111 Å². The summed E-state index contributed by atoms with van der Waals surface area (Å²) < 4.78 is 0. The van der Waals surface area contributed by atoms with Gasteiger partial charge in [-0.15, -0.1) is 22.0 Å². The van der Waals surface area contributed by atoms with Crippen LogP contribution in [0, 0.1) is 6.92 Å². The quantitative estimate of drug-likeness (QED) is 0.820. The number of rotatable bonds is 5. The van der Waals surface area contributed by atoms with E-state index in [2.05, 4.69) is 34.5 Å². The SMILES string of the molecule is Cc1ccccc1SCC(N)Cc1nnn(C)n1. The van der Waals surface area contributed by atoms with Crippen LogP contribution < -0.4 is 5.73 Å². The number of tetrazole rings is 1. The van der Waals surface area contributed by atoms with E-state index in [0.717, 1.165) is 5.75 Å². The van der Waals surface area contributed by atoms with Gasteiger partial charge in [0.05, 0.1) is 7.05 Å². The third-order valence-corrected chi connectivity index (χ3v) is 3.90. The molecule has 0 aliphatic rings. The molecule has 6 heteroatoms. The molecule has 0 spiro atoms. The van der Waals surface area contributed by atoms with Crippen molar-refractivity contribution >= 4 is 11.8 Å². The highest BCUT2D eigenvalue weighted by Crippen LogP contribution is 2.22. The Morgan fingerprint density at radius 1 is 1.39 bits per heavy atom. The van der Waals surface area contributed by atoms with Crippen LogP contribution in [-0.2, 0) is 13.5 Å². The maximum atomic E-state index is 6.08. The van der Waals surface area contributed by atoms with E-state index in [1.165, 1.54) is 15.3 Å². The molecule has 1 unspecified atom stereocenters. The Kier molecular flexibility index (Phi) is 4.33. The van der Waals surface area contributed by atoms with E-state index in [-0.39, 0.29) is 6.04 Å². The Hall–Kier alpha value is -1.40. The van der Waals surface area contributed by atoms with E-state index in [1.54, 1.807) is 18.8 Å². The fraction of sp³-hybridized carbons (Fsp3) is 0.417. The van der Waals surface area contributed by atoms with Crippen LogP contribution in [0.1, 0.15) is 11.4 Å². The minimum Gasteiger partial charge on any atom is -0.327 e. The molecule has 1 aromatic carbocycles. The lowest BCUT2D eigenvalue weighted by atomic mass is 10.2. The van der Waals surface area contributed by atoms with Crippen molar-refractivity contribution in [3.63, 3.8) is 0 Å². The van der Waals surface area contributed by atoms with Crippen molar-refractivity contribution in [2.75, 3.05) is 5.75 Å². The highest BCUT2D eigenvalue weighted by molar-refractivity contribution is 7.99. The van der Waals surface area contributed by atoms with Gasteiger partial charge in [-0.2, -0.15) is 4.80 Å². The molecule has 0 amide bonds. The smallest absolute Gasteiger partial charge is 0.176 e. The molecule has 0 fully saturated rings. The minimum absolute atomic E-state index is 0.0406. The molecular formula is C12H17N5S. The first-order valence-corrected chi connectivity index (χ1v) is 6.80. The molecule has 0 saturated heterocycles. The monoisotopic (exact) mass is 263 g/mol. The van der Waals surface area contributed by atoms with Crippen molar-refractivity contribution in [2.24, 2.45) is 12.8 Å². The van der Waals surface area contributed by atoms with Crippen LogP contribution in [0.5, 0.6) is 0 Å². The van der Waals surface area contributed by atoms with Crippen LogP contribution >= 0.6 is 11.8 Å². The van der Waals surface area contributed by atoms with Gasteiger partial charge in [-0.25, -0.2) is 0 Å². The number of benzene rings is 1. The van der Waals surface area contributed by atoms with Crippen molar-refractivity contribution in [1.29, 1.82) is 0 Å². The summed E-state index contributed by atoms with van der Waals surface area (Å²) in [4.78, 5) is 2.73. The molecule has 5 nitrogen and oxygen atoms in total. The van der Waals surface area contributed by atoms with Gasteiger partial charge in [-0.1, -0.05) is 18.2 Å². The molecule has 0 bridgehead atoms. The van der Waals surface area contributed by atoms with Gasteiger partial charge >= 0.3 is 0 Å². The second-order valence-electron chi connectivity index (χ2n) is 4.24. The van der Waals surface area contributed by atoms with Crippen LogP contribution in [0.25, 0.3) is 0 Å². The van der Waals surface area contributed by atoms with Gasteiger partial charge in [-0.3, -0.25) is 0 Å². The number of thioether (sulfide) groups is 1. The van der Waals surface area contributed by atoms with E-state index in [0.29, 0.717) is 12.2 Å². The van der Waals surface area contributed by atoms with Crippen LogP contribution in [0.2, 0.25) is 0 Å². The molecule has 0 aliphatic carbocycles. The van der Waals surface area contributed by atoms with E-state index >= 15 is 0 Å². The lowest BCUT2D eigenvalue weighted by Crippen LogP contribution is -2.26. The van der Waals surface area contributed by atoms with Crippen LogP contribution in [0.15, 0.2) is 29.2 Å². The van der Waals surface area contributed by atoms with E-state index in [9.17, 15) is 0 Å². The van der Waals surface area contributed by atoms with Gasteiger partial charge in [0, 0.05) is 23.1 Å². The Balaban J connectivity index is 1.85. The predicted molar refractivity (Wildman–Crippen MR) is 72.4 cm³/mol. The molecular weight excluding hydrogens is 246 g/mol. The average molecular weight is 263 g/mol. The summed E-state index contributed by atoms with van der Waals surface area (Å²) in [5, 5.41) is 11.9. The summed E-state index contributed by atoms with van der Waals surface area (Å²) in [6.07, 6.45) is 0.659. The maximum absolute atomic E-state index is 6.08. The first kappa shape index (κ1) is 13.0. The third kappa shape index (κ3) is 3.54. The van der Waals surface area contributed by atoms with E-state index in [4.69, 9.17) is 5.73 Å². The maximum Gasteiger partial charge on any atom is 0.176 e. The zero-order valence-electron chi connectivity index (χ0n) is 10.6. The molecule has 0 radical (unpaired) electrons. The van der Waals surface area contributed by atoms with Gasteiger partial charge in [-0.05, 0) is 23.8 Å². The van der Waals surface area contributed by atoms with Gasteiger partial charge in [0.1, 0.15) is 0 Å². The number of nitrogens with zero attached hydrogens (tertiary/aromatic N) is 4. The molecule has 2 N–H and O–H groups in total. The number of aryl methyl sites for hydroxylation is 2. The van der Waals surface area contributed by atoms with E-state index in [1.807, 2.05) is 12.1 Å². The van der Waals surface area contributed by atoms with Crippen molar-refractivity contribution in [3.8, 4) is 0 Å². The summed E-state index contributed by atoms with van der Waals surface area (Å²) in [5.74, 6) is 1.55. The fourth-order valence-electron chi connectivity index (χ4n) is 1.61. The minimum atomic E-state index is 0.0406. The zero-order chi connectivity index (χ0) is 13.0. The Bertz CT molecular complexity index is 511. The zero-order valence-corrected chi connectivity index (χ0v) is 11.4. The van der Waals surface area contributed by atoms with Gasteiger partial charge in [0.2, 0.25) is 0 Å². The normalized spacial score (nSPS) is 12.6. The van der Waals surface area contributed by atoms with Crippen molar-refractivity contribution < 1.29 is 0 Å². The van der Waals surface area contributed by atoms with Gasteiger partial charge < -0.3 is 5.73 Å². The summed E-state index contributed by atoms with van der Waals surface area (Å²) in [6.45, 7) is 2.11. The molecule has 0 aliphatic heterocycles. The Morgan fingerprint density at radius 2 is 2.17 bits per heavy atom. The highest BCUT2D eigenvalue weighted by atomic mass is 32.2. The number of nitrogens with two attached hydrogens (primary N) is 1. The molecule has 0 saturated carbocycles. The predicted octanol–water partition coefficient (Wildman–Crippen LogP) is 1.18. The number of aromatic nitrogens is 4. The fourth-order valence-corrected chi connectivity index (χ4v) is 2.60. The second-order valence-corrected chi connectivity index (χ2v) is 5.30. The molecule has 96 valence electrons. The van der Waals surface area contributed by atoms with Crippen molar-refractivity contribution in [2.45, 2.75) is 24.3 Å². The lowest BCUT2D eigenvalue weighted by molar-refractivity contribution is 0.624. The summed E-state index contributed by atoms with van der Waals surface area (Å²) in [7, 11) is 1.75. The first-order chi connectivity index (χ1) is 8.65. The standard InChI is InChI=1S/C12H17N5S/c1-9-5-3-4-6-11(9)18-8-10(13)7-12-14-16-17(2)15-12/h3-6,10H,7-8,13H2,1-2H3. The van der Waals surface area contributed by atoms with Gasteiger partial charge in [0.25, 0.3) is 0 Å². The largest absolute Gasteiger partial charge is 0.327 e. The third-order valence-electron chi connectivity index (χ3n) is 2.54. The molecule has 18 heavy (non-hydrogen) atoms. The van der Waals surface area contributed by atoms with Crippen LogP contribution in [0.4, 0.5) is 0 Å². The van der Waals surface area contributed by atoms with Crippen LogP contribution in [0.3, 0.4) is 0 Å². The molecule has 1 atom stereocenters. The van der Waals surface area contributed by atoms with Crippen molar-refractivity contribution in [3.05, 3.63) is 35.7 Å². The number of hydrogen-bond acceptors (Lipinski definition) is 5. The summed E-state index contributed by atoms with van der Waals surface area (Å²) >= 11 is 1.77. The first-order valence-electron chi connectivity index (χ1n) is 5.82. The summed E-state index contributed by atoms with van der Waals surface area (Å²) in [6, 6.07) is 8.36. The number of hydrogen-bond donors (Lipinski definition) is 1. The van der Waals surface area contributed by atoms with Crippen molar-refractivity contribution in [1.82, 2.24) is 20.2 Å². The lowest BCUT2D eigenvalue weighted by Gasteiger charge is -2.10. The highest BCUT2D eigenvalue weighted by Gasteiger charge is 2.09. The molecule has 1 heterocycles. The molecule has 1 aromatic heterocycles. The average Bonchev–Trinajstić information content (AvgIpc) is 2.74. The molecule has 2 aromatic rings. The topological polar surface area (TPSA) is 69.6 Å². The van der Waals surface area contributed by atoms with E-state index < -0.39 is 0 Å². The van der Waals surface area contributed by atoms with Gasteiger partial charge in [0.15, 0.2) is 5.82 Å².